The number of rotatable bonds is 5. The first-order valence-corrected chi connectivity index (χ1v) is 9.96. The summed E-state index contributed by atoms with van der Waals surface area (Å²) >= 11 is 0. The molecule has 2 aromatic carbocycles. The van der Waals surface area contributed by atoms with Gasteiger partial charge in [-0.2, -0.15) is 0 Å². The summed E-state index contributed by atoms with van der Waals surface area (Å²) in [6.45, 7) is 0. The smallest absolute Gasteiger partial charge is 0.230 e. The Balaban J connectivity index is 1.57. The first-order valence-electron chi connectivity index (χ1n) is 9.96. The molecule has 3 aromatic rings. The maximum absolute atomic E-state index is 13.4. The van der Waals surface area contributed by atoms with Crippen LogP contribution in [0.4, 0.5) is 5.69 Å². The molecule has 27 heavy (non-hydrogen) atoms. The van der Waals surface area contributed by atoms with Crippen molar-refractivity contribution < 1.29 is 4.79 Å². The molecule has 0 unspecified atom stereocenters. The van der Waals surface area contributed by atoms with Crippen molar-refractivity contribution in [2.75, 3.05) is 5.32 Å². The van der Waals surface area contributed by atoms with Gasteiger partial charge in [-0.3, -0.25) is 9.78 Å². The van der Waals surface area contributed by atoms with Crippen LogP contribution in [-0.2, 0) is 11.2 Å². The minimum absolute atomic E-state index is 0.163. The predicted octanol–water partition coefficient (Wildman–Crippen LogP) is 5.76. The van der Waals surface area contributed by atoms with Gasteiger partial charge in [-0.1, -0.05) is 67.8 Å². The Morgan fingerprint density at radius 3 is 2.52 bits per heavy atom. The van der Waals surface area contributed by atoms with Gasteiger partial charge in [0.15, 0.2) is 0 Å². The Morgan fingerprint density at radius 2 is 1.70 bits per heavy atom. The highest BCUT2D eigenvalue weighted by molar-refractivity contribution is 6.02. The van der Waals surface area contributed by atoms with Crippen molar-refractivity contribution in [2.45, 2.75) is 44.9 Å². The molecule has 1 aliphatic carbocycles. The van der Waals surface area contributed by atoms with E-state index in [1.54, 1.807) is 6.20 Å². The van der Waals surface area contributed by atoms with E-state index in [0.29, 0.717) is 0 Å². The number of anilines is 1. The lowest BCUT2D eigenvalue weighted by Crippen LogP contribution is -2.38. The van der Waals surface area contributed by atoms with Crippen LogP contribution in [0.5, 0.6) is 0 Å². The molecule has 1 fully saturated rings. The zero-order chi connectivity index (χ0) is 18.5. The number of nitrogens with zero attached hydrogens (tertiary/aromatic N) is 1. The molecule has 4 rings (SSSR count). The maximum Gasteiger partial charge on any atom is 0.230 e. The molecule has 0 radical (unpaired) electrons. The van der Waals surface area contributed by atoms with Gasteiger partial charge in [0.1, 0.15) is 0 Å². The molecular weight excluding hydrogens is 332 g/mol. The highest BCUT2D eigenvalue weighted by Gasteiger charge is 2.39. The first kappa shape index (κ1) is 17.7. The van der Waals surface area contributed by atoms with Gasteiger partial charge < -0.3 is 5.32 Å². The highest BCUT2D eigenvalue weighted by Crippen LogP contribution is 2.41. The topological polar surface area (TPSA) is 42.0 Å². The number of para-hydroxylation sites is 1. The molecule has 1 saturated carbocycles. The van der Waals surface area contributed by atoms with Crippen LogP contribution in [0.25, 0.3) is 10.9 Å². The zero-order valence-electron chi connectivity index (χ0n) is 15.7. The Labute approximate surface area is 160 Å². The van der Waals surface area contributed by atoms with Gasteiger partial charge in [0.25, 0.3) is 0 Å². The summed E-state index contributed by atoms with van der Waals surface area (Å²) in [4.78, 5) is 17.9. The van der Waals surface area contributed by atoms with Gasteiger partial charge in [-0.05, 0) is 43.4 Å². The van der Waals surface area contributed by atoms with Gasteiger partial charge in [-0.25, -0.2) is 0 Å². The number of benzene rings is 2. The van der Waals surface area contributed by atoms with Crippen molar-refractivity contribution in [1.82, 2.24) is 4.98 Å². The van der Waals surface area contributed by atoms with E-state index in [1.165, 1.54) is 12.0 Å². The fourth-order valence-electron chi connectivity index (χ4n) is 4.31. The second-order valence-electron chi connectivity index (χ2n) is 7.66. The molecule has 3 heteroatoms. The summed E-state index contributed by atoms with van der Waals surface area (Å²) in [5.74, 6) is 0.163. The largest absolute Gasteiger partial charge is 0.324 e. The molecule has 1 amide bonds. The Kier molecular flexibility index (Phi) is 5.19. The lowest BCUT2D eigenvalue weighted by atomic mass is 9.70. The van der Waals surface area contributed by atoms with E-state index in [4.69, 9.17) is 0 Å². The normalized spacial score (nSPS) is 16.1. The standard InChI is InChI=1S/C24H26N2O/c27-23(26-21-13-7-11-20-12-8-18-25-22(20)21)24(15-5-2-6-16-24)17-14-19-9-3-1-4-10-19/h1,3-4,7-13,18H,2,5-6,14-17H2,(H,26,27). The van der Waals surface area contributed by atoms with Crippen LogP contribution in [0.1, 0.15) is 44.1 Å². The second-order valence-corrected chi connectivity index (χ2v) is 7.66. The van der Waals surface area contributed by atoms with Gasteiger partial charge >= 0.3 is 0 Å². The number of amides is 1. The van der Waals surface area contributed by atoms with Crippen LogP contribution in [0.15, 0.2) is 66.9 Å². The van der Waals surface area contributed by atoms with Crippen LogP contribution in [-0.4, -0.2) is 10.9 Å². The van der Waals surface area contributed by atoms with E-state index < -0.39 is 0 Å². The number of carbonyl (C=O) groups excluding carboxylic acids is 1. The van der Waals surface area contributed by atoms with Crippen LogP contribution >= 0.6 is 0 Å². The maximum atomic E-state index is 13.4. The number of hydrogen-bond acceptors (Lipinski definition) is 2. The lowest BCUT2D eigenvalue weighted by molar-refractivity contribution is -0.127. The van der Waals surface area contributed by atoms with E-state index >= 15 is 0 Å². The number of aryl methyl sites for hydroxylation is 1. The van der Waals surface area contributed by atoms with Crippen molar-refractivity contribution in [1.29, 1.82) is 0 Å². The Hall–Kier alpha value is -2.68. The number of hydrogen-bond donors (Lipinski definition) is 1. The molecule has 3 nitrogen and oxygen atoms in total. The fraction of sp³-hybridized carbons (Fsp3) is 0.333. The molecular formula is C24H26N2O. The van der Waals surface area contributed by atoms with Crippen molar-refractivity contribution in [3.8, 4) is 0 Å². The number of nitrogens with one attached hydrogen (secondary N) is 1. The summed E-state index contributed by atoms with van der Waals surface area (Å²) in [5.41, 5.74) is 2.72. The Bertz CT molecular complexity index is 909. The molecule has 1 N–H and O–H groups in total. The quantitative estimate of drug-likeness (QED) is 0.630. The second kappa shape index (κ2) is 7.91. The number of carbonyl (C=O) groups is 1. The molecule has 0 atom stereocenters. The summed E-state index contributed by atoms with van der Waals surface area (Å²) in [6.07, 6.45) is 9.09. The van der Waals surface area contributed by atoms with Gasteiger partial charge in [0.2, 0.25) is 5.91 Å². The van der Waals surface area contributed by atoms with Gasteiger partial charge in [0, 0.05) is 17.0 Å². The molecule has 0 spiro atoms. The summed E-state index contributed by atoms with van der Waals surface area (Å²) in [7, 11) is 0. The monoisotopic (exact) mass is 358 g/mol. The van der Waals surface area contributed by atoms with Crippen molar-refractivity contribution in [3.05, 3.63) is 72.4 Å². The van der Waals surface area contributed by atoms with Crippen molar-refractivity contribution >= 4 is 22.5 Å². The lowest BCUT2D eigenvalue weighted by Gasteiger charge is -2.36. The van der Waals surface area contributed by atoms with Gasteiger partial charge in [-0.15, -0.1) is 0 Å². The number of pyridine rings is 1. The van der Waals surface area contributed by atoms with E-state index in [-0.39, 0.29) is 11.3 Å². The molecule has 0 aliphatic heterocycles. The number of fused-ring (bicyclic) bond motifs is 1. The summed E-state index contributed by atoms with van der Waals surface area (Å²) in [6, 6.07) is 20.4. The fourth-order valence-corrected chi connectivity index (χ4v) is 4.31. The highest BCUT2D eigenvalue weighted by atomic mass is 16.2. The molecule has 138 valence electrons. The van der Waals surface area contributed by atoms with Crippen molar-refractivity contribution in [3.63, 3.8) is 0 Å². The van der Waals surface area contributed by atoms with Crippen LogP contribution in [0, 0.1) is 5.41 Å². The average molecular weight is 358 g/mol. The minimum atomic E-state index is -0.273. The SMILES string of the molecule is O=C(Nc1cccc2cccnc12)C1(CCc2ccccc2)CCCCC1. The average Bonchev–Trinajstić information content (AvgIpc) is 2.74. The molecule has 1 heterocycles. The van der Waals surface area contributed by atoms with Crippen LogP contribution in [0.2, 0.25) is 0 Å². The summed E-state index contributed by atoms with van der Waals surface area (Å²) < 4.78 is 0. The van der Waals surface area contributed by atoms with Gasteiger partial charge in [0.05, 0.1) is 11.2 Å². The third-order valence-corrected chi connectivity index (χ3v) is 5.91. The predicted molar refractivity (Wildman–Crippen MR) is 111 cm³/mol. The van der Waals surface area contributed by atoms with Crippen LogP contribution in [0.3, 0.4) is 0 Å². The number of aromatic nitrogens is 1. The Morgan fingerprint density at radius 1 is 0.926 bits per heavy atom. The van der Waals surface area contributed by atoms with E-state index in [9.17, 15) is 4.79 Å². The molecule has 0 saturated heterocycles. The van der Waals surface area contributed by atoms with E-state index in [2.05, 4.69) is 34.6 Å². The molecule has 1 aliphatic rings. The van der Waals surface area contributed by atoms with Crippen LogP contribution < -0.4 is 5.32 Å². The van der Waals surface area contributed by atoms with E-state index in [1.807, 2.05) is 36.4 Å². The third-order valence-electron chi connectivity index (χ3n) is 5.91. The third kappa shape index (κ3) is 3.87. The zero-order valence-corrected chi connectivity index (χ0v) is 15.7. The van der Waals surface area contributed by atoms with E-state index in [0.717, 1.165) is 55.1 Å². The first-order chi connectivity index (χ1) is 13.3. The van der Waals surface area contributed by atoms with Crippen molar-refractivity contribution in [2.24, 2.45) is 5.41 Å². The summed E-state index contributed by atoms with van der Waals surface area (Å²) in [5, 5.41) is 4.28. The minimum Gasteiger partial charge on any atom is -0.324 e. The molecule has 1 aromatic heterocycles. The molecule has 0 bridgehead atoms.